The summed E-state index contributed by atoms with van der Waals surface area (Å²) >= 11 is 0. The molecule has 3 heterocycles. The summed E-state index contributed by atoms with van der Waals surface area (Å²) in [6, 6.07) is 43.8. The van der Waals surface area contributed by atoms with Gasteiger partial charge in [-0.05, 0) is 121 Å². The molecule has 0 radical (unpaired) electrons. The molecule has 2 aliphatic heterocycles. The van der Waals surface area contributed by atoms with Crippen LogP contribution in [0, 0.1) is 0 Å². The number of benzene rings is 9. The molecule has 3 nitrogen and oxygen atoms in total. The van der Waals surface area contributed by atoms with Crippen molar-refractivity contribution in [2.75, 3.05) is 9.80 Å². The summed E-state index contributed by atoms with van der Waals surface area (Å²) < 4.78 is 93.0. The van der Waals surface area contributed by atoms with Crippen LogP contribution in [-0.2, 0) is 10.8 Å². The van der Waals surface area contributed by atoms with Gasteiger partial charge in [-0.25, -0.2) is 0 Å². The van der Waals surface area contributed by atoms with Crippen LogP contribution in [0.1, 0.15) is 66.4 Å². The van der Waals surface area contributed by atoms with E-state index in [1.54, 1.807) is 12.1 Å². The van der Waals surface area contributed by atoms with E-state index >= 15 is 0 Å². The van der Waals surface area contributed by atoms with E-state index in [-0.39, 0.29) is 46.1 Å². The van der Waals surface area contributed by atoms with Gasteiger partial charge in [0.2, 0.25) is 0 Å². The lowest BCUT2D eigenvalue weighted by Crippen LogP contribution is -2.61. The summed E-state index contributed by atoms with van der Waals surface area (Å²) in [5.74, 6) is 0. The molecule has 12 rings (SSSR count). The predicted molar refractivity (Wildman–Crippen MR) is 281 cm³/mol. The molecule has 0 bridgehead atoms. The average molecular weight is 861 g/mol. The molecule has 4 heteroatoms. The SMILES string of the molecule is [2H]c1c([2H])c([2H])c(-c2ccc(N3c4ccc(-c5c([2H])c([2H])c([2H])c([2H])c5[2H])cc4B4c5ccc(C(C)(C)C)cc5N(c5ccc(-c6cccc7c6oc6ccccc67)cc5)c5cc(C(C)(C)C)cc3c54)cc2)c([2H])c1[2H]. The second kappa shape index (κ2) is 15.0. The number of fused-ring (bicyclic) bond motifs is 7. The van der Waals surface area contributed by atoms with Crippen LogP contribution in [-0.4, -0.2) is 6.71 Å². The first-order chi connectivity index (χ1) is 36.1. The molecule has 1 aromatic heterocycles. The lowest BCUT2D eigenvalue weighted by atomic mass is 9.33. The Hall–Kier alpha value is -7.56. The van der Waals surface area contributed by atoms with Crippen molar-refractivity contribution in [2.45, 2.75) is 52.4 Å². The van der Waals surface area contributed by atoms with E-state index in [0.29, 0.717) is 11.1 Å². The highest BCUT2D eigenvalue weighted by Crippen LogP contribution is 2.48. The molecular formula is C62H51BN2O. The minimum Gasteiger partial charge on any atom is -0.455 e. The molecule has 0 unspecified atom stereocenters. The zero-order valence-corrected chi connectivity index (χ0v) is 37.7. The highest BCUT2D eigenvalue weighted by molar-refractivity contribution is 7.00. The third kappa shape index (κ3) is 6.50. The van der Waals surface area contributed by atoms with Gasteiger partial charge in [-0.2, -0.15) is 0 Å². The largest absolute Gasteiger partial charge is 0.455 e. The summed E-state index contributed by atoms with van der Waals surface area (Å²) in [4.78, 5) is 4.56. The summed E-state index contributed by atoms with van der Waals surface area (Å²) in [5, 5.41) is 2.12. The quantitative estimate of drug-likeness (QED) is 0.161. The second-order valence-electron chi connectivity index (χ2n) is 19.5. The summed E-state index contributed by atoms with van der Waals surface area (Å²) in [6.45, 7) is 12.8. The van der Waals surface area contributed by atoms with Crippen LogP contribution in [0.5, 0.6) is 0 Å². The summed E-state index contributed by atoms with van der Waals surface area (Å²) in [6.07, 6.45) is 0. The second-order valence-corrected chi connectivity index (χ2v) is 19.5. The van der Waals surface area contributed by atoms with E-state index in [4.69, 9.17) is 18.1 Å². The third-order valence-electron chi connectivity index (χ3n) is 13.3. The van der Waals surface area contributed by atoms with Gasteiger partial charge in [-0.3, -0.25) is 0 Å². The van der Waals surface area contributed by atoms with Crippen molar-refractivity contribution in [3.8, 4) is 33.4 Å². The van der Waals surface area contributed by atoms with Gasteiger partial charge >= 0.3 is 0 Å². The van der Waals surface area contributed by atoms with Gasteiger partial charge in [0.05, 0.1) is 13.7 Å². The molecule has 10 aromatic rings. The van der Waals surface area contributed by atoms with Crippen molar-refractivity contribution in [1.82, 2.24) is 0 Å². The van der Waals surface area contributed by atoms with E-state index in [9.17, 15) is 0 Å². The highest BCUT2D eigenvalue weighted by Gasteiger charge is 2.44. The molecule has 0 atom stereocenters. The fraction of sp³-hybridized carbons (Fsp3) is 0.129. The van der Waals surface area contributed by atoms with Crippen LogP contribution in [0.4, 0.5) is 34.1 Å². The Labute approximate surface area is 402 Å². The molecule has 0 amide bonds. The van der Waals surface area contributed by atoms with Gasteiger partial charge in [0.1, 0.15) is 11.2 Å². The van der Waals surface area contributed by atoms with Gasteiger partial charge in [-0.15, -0.1) is 0 Å². The van der Waals surface area contributed by atoms with Gasteiger partial charge in [0.15, 0.2) is 0 Å². The number of hydrogen-bond donors (Lipinski definition) is 0. The molecule has 2 aliphatic rings. The molecule has 9 aromatic carbocycles. The maximum atomic E-state index is 9.09. The van der Waals surface area contributed by atoms with Crippen LogP contribution in [0.15, 0.2) is 204 Å². The number of anilines is 6. The molecule has 0 saturated carbocycles. The number of hydrogen-bond acceptors (Lipinski definition) is 3. The normalized spacial score (nSPS) is 15.3. The van der Waals surface area contributed by atoms with Crippen LogP contribution < -0.4 is 26.2 Å². The Balaban J connectivity index is 1.13. The van der Waals surface area contributed by atoms with Crippen LogP contribution >= 0.6 is 0 Å². The maximum Gasteiger partial charge on any atom is 0.252 e. The molecular weight excluding hydrogens is 800 g/mol. The Morgan fingerprint density at radius 1 is 0.439 bits per heavy atom. The van der Waals surface area contributed by atoms with Crippen LogP contribution in [0.3, 0.4) is 0 Å². The molecule has 0 spiro atoms. The van der Waals surface area contributed by atoms with Crippen molar-refractivity contribution >= 4 is 79.2 Å². The molecule has 0 N–H and O–H groups in total. The number of para-hydroxylation sites is 2. The van der Waals surface area contributed by atoms with Crippen molar-refractivity contribution < 1.29 is 18.1 Å². The fourth-order valence-electron chi connectivity index (χ4n) is 9.94. The van der Waals surface area contributed by atoms with Crippen LogP contribution in [0.25, 0.3) is 55.3 Å². The smallest absolute Gasteiger partial charge is 0.252 e. The van der Waals surface area contributed by atoms with Crippen molar-refractivity contribution in [2.24, 2.45) is 0 Å². The monoisotopic (exact) mass is 860 g/mol. The topological polar surface area (TPSA) is 19.6 Å². The predicted octanol–water partition coefficient (Wildman–Crippen LogP) is 15.3. The van der Waals surface area contributed by atoms with E-state index in [1.165, 1.54) is 0 Å². The zero-order chi connectivity index (χ0) is 53.6. The Morgan fingerprint density at radius 2 is 1.00 bits per heavy atom. The van der Waals surface area contributed by atoms with Gasteiger partial charge in [0, 0.05) is 50.5 Å². The number of nitrogens with zero attached hydrogens (tertiary/aromatic N) is 2. The Morgan fingerprint density at radius 3 is 1.65 bits per heavy atom. The Bertz CT molecular complexity index is 4040. The van der Waals surface area contributed by atoms with Gasteiger partial charge in [-0.1, -0.05) is 187 Å². The summed E-state index contributed by atoms with van der Waals surface area (Å²) in [7, 11) is 0. The zero-order valence-electron chi connectivity index (χ0n) is 47.7. The number of rotatable bonds is 5. The first-order valence-corrected chi connectivity index (χ1v) is 22.5. The molecule has 66 heavy (non-hydrogen) atoms. The first-order valence-electron chi connectivity index (χ1n) is 27.5. The van der Waals surface area contributed by atoms with E-state index < -0.39 is 43.0 Å². The Kier molecular flexibility index (Phi) is 6.95. The van der Waals surface area contributed by atoms with Crippen molar-refractivity contribution in [3.63, 3.8) is 0 Å². The number of furan rings is 1. The van der Waals surface area contributed by atoms with Gasteiger partial charge in [0.25, 0.3) is 6.71 Å². The molecule has 0 saturated heterocycles. The van der Waals surface area contributed by atoms with Crippen LogP contribution in [0.2, 0.25) is 0 Å². The molecule has 318 valence electrons. The average Bonchev–Trinajstić information content (AvgIpc) is 3.89. The first kappa shape index (κ1) is 30.6. The van der Waals surface area contributed by atoms with Crippen molar-refractivity contribution in [3.05, 3.63) is 211 Å². The van der Waals surface area contributed by atoms with E-state index in [2.05, 4.69) is 130 Å². The maximum absolute atomic E-state index is 9.09. The minimum atomic E-state index is -0.460. The lowest BCUT2D eigenvalue weighted by Gasteiger charge is -2.45. The van der Waals surface area contributed by atoms with Crippen molar-refractivity contribution in [1.29, 1.82) is 0 Å². The molecule has 0 fully saturated rings. The van der Waals surface area contributed by atoms with E-state index in [0.717, 1.165) is 94.7 Å². The third-order valence-corrected chi connectivity index (χ3v) is 13.3. The summed E-state index contributed by atoms with van der Waals surface area (Å²) in [5.41, 5.74) is 14.7. The standard InChI is InChI=1S/C62H51BN2O/c1-61(2,3)45-29-34-52-55(37-45)65(48-32-26-43(27-33-48)49-21-15-22-51-50-20-13-14-23-58(50)66-60(49)51)57-39-46(62(4,5)6)38-56-59(57)63(52)53-36-44(41-18-11-8-12-19-41)28-35-54(53)64(56)47-30-24-42(25-31-47)40-16-9-7-10-17-40/h7-39H,1-6H3/i7D,8D,9D,10D,11D,12D,16D,17D,18D,19D. The molecule has 0 aliphatic carbocycles. The minimum absolute atomic E-state index is 0.106. The lowest BCUT2D eigenvalue weighted by molar-refractivity contribution is 0.590. The highest BCUT2D eigenvalue weighted by atomic mass is 16.3. The fourth-order valence-corrected chi connectivity index (χ4v) is 9.94. The van der Waals surface area contributed by atoms with Gasteiger partial charge < -0.3 is 14.2 Å². The van der Waals surface area contributed by atoms with E-state index in [1.807, 2.05) is 48.5 Å².